The van der Waals surface area contributed by atoms with Crippen molar-refractivity contribution in [3.05, 3.63) is 12.4 Å². The molecule has 0 bridgehead atoms. The van der Waals surface area contributed by atoms with E-state index in [9.17, 15) is 0 Å². The zero-order valence-electron chi connectivity index (χ0n) is 9.77. The van der Waals surface area contributed by atoms with E-state index in [1.807, 2.05) is 10.9 Å². The lowest BCUT2D eigenvalue weighted by Gasteiger charge is -2.40. The average molecular weight is 207 g/mol. The van der Waals surface area contributed by atoms with Gasteiger partial charge in [0.05, 0.1) is 12.2 Å². The van der Waals surface area contributed by atoms with Gasteiger partial charge in [-0.2, -0.15) is 0 Å². The molecule has 0 unspecified atom stereocenters. The molecule has 1 aliphatic heterocycles. The van der Waals surface area contributed by atoms with E-state index < -0.39 is 0 Å². The van der Waals surface area contributed by atoms with Crippen molar-refractivity contribution in [1.29, 1.82) is 0 Å². The molecule has 0 amide bonds. The normalized spacial score (nSPS) is 20.7. The fourth-order valence-corrected chi connectivity index (χ4v) is 2.17. The number of piperidine rings is 1. The van der Waals surface area contributed by atoms with Crippen LogP contribution in [-0.4, -0.2) is 38.5 Å². The monoisotopic (exact) mass is 207 g/mol. The molecule has 4 heteroatoms. The molecular weight excluding hydrogens is 188 g/mol. The Labute approximate surface area is 91.3 Å². The second kappa shape index (κ2) is 3.93. The summed E-state index contributed by atoms with van der Waals surface area (Å²) in [6.45, 7) is 9.12. The third-order valence-corrected chi connectivity index (χ3v) is 3.18. The van der Waals surface area contributed by atoms with Crippen molar-refractivity contribution in [3.63, 3.8) is 0 Å². The molecule has 1 radical (unpaired) electrons. The molecule has 0 spiro atoms. The van der Waals surface area contributed by atoms with Gasteiger partial charge >= 0.3 is 0 Å². The molecule has 1 saturated heterocycles. The van der Waals surface area contributed by atoms with Gasteiger partial charge in [-0.3, -0.25) is 4.90 Å². The van der Waals surface area contributed by atoms with E-state index in [2.05, 4.69) is 42.2 Å². The first kappa shape index (κ1) is 10.6. The van der Waals surface area contributed by atoms with Crippen LogP contribution in [0, 0.1) is 6.20 Å². The number of rotatable bonds is 1. The smallest absolute Gasteiger partial charge is 0.134 e. The second-order valence-corrected chi connectivity index (χ2v) is 5.22. The van der Waals surface area contributed by atoms with Gasteiger partial charge in [0, 0.05) is 18.6 Å². The maximum atomic E-state index is 4.02. The van der Waals surface area contributed by atoms with Crippen molar-refractivity contribution in [3.8, 4) is 0 Å². The lowest BCUT2D eigenvalue weighted by molar-refractivity contribution is 0.0866. The van der Waals surface area contributed by atoms with Crippen LogP contribution >= 0.6 is 0 Å². The Bertz CT molecular complexity index is 291. The summed E-state index contributed by atoms with van der Waals surface area (Å²) in [5.41, 5.74) is 0.291. The maximum absolute atomic E-state index is 4.02. The van der Waals surface area contributed by atoms with E-state index in [0.717, 1.165) is 25.9 Å². The summed E-state index contributed by atoms with van der Waals surface area (Å²) in [6.07, 6.45) is 6.92. The molecule has 83 valence electrons. The van der Waals surface area contributed by atoms with Crippen LogP contribution in [-0.2, 0) is 0 Å². The van der Waals surface area contributed by atoms with Gasteiger partial charge in [-0.15, -0.1) is 5.10 Å². The van der Waals surface area contributed by atoms with Gasteiger partial charge in [0.2, 0.25) is 0 Å². The Morgan fingerprint density at radius 2 is 1.93 bits per heavy atom. The first-order valence-electron chi connectivity index (χ1n) is 5.60. The highest BCUT2D eigenvalue weighted by molar-refractivity contribution is 4.84. The minimum atomic E-state index is 0.291. The van der Waals surface area contributed by atoms with Gasteiger partial charge in [0.1, 0.15) is 6.20 Å². The predicted octanol–water partition coefficient (Wildman–Crippen LogP) is 1.51. The van der Waals surface area contributed by atoms with Crippen LogP contribution in [0.4, 0.5) is 0 Å². The summed E-state index contributed by atoms with van der Waals surface area (Å²) in [7, 11) is 0. The van der Waals surface area contributed by atoms with Gasteiger partial charge in [-0.25, -0.2) is 4.68 Å². The maximum Gasteiger partial charge on any atom is 0.134 e. The standard InChI is InChI=1S/C11H19N4/c1-11(2,3)14-7-4-10(5-8-14)15-9-6-12-13-15/h9-10H,4-5,7-8H2,1-3H3. The fraction of sp³-hybridized carbons (Fsp3) is 0.818. The van der Waals surface area contributed by atoms with Crippen LogP contribution in [0.15, 0.2) is 6.20 Å². The minimum Gasteiger partial charge on any atom is -0.298 e. The molecule has 0 atom stereocenters. The third-order valence-electron chi connectivity index (χ3n) is 3.18. The summed E-state index contributed by atoms with van der Waals surface area (Å²) in [6, 6.07) is 0.516. The van der Waals surface area contributed by atoms with Crippen LogP contribution < -0.4 is 0 Å². The zero-order valence-corrected chi connectivity index (χ0v) is 9.77. The van der Waals surface area contributed by atoms with Gasteiger partial charge in [0.15, 0.2) is 0 Å². The van der Waals surface area contributed by atoms with Crippen molar-refractivity contribution >= 4 is 0 Å². The Morgan fingerprint density at radius 1 is 1.27 bits per heavy atom. The summed E-state index contributed by atoms with van der Waals surface area (Å²) < 4.78 is 1.94. The molecule has 1 aliphatic rings. The number of aromatic nitrogens is 3. The molecule has 0 aliphatic carbocycles. The van der Waals surface area contributed by atoms with Gasteiger partial charge in [0.25, 0.3) is 0 Å². The Morgan fingerprint density at radius 3 is 2.40 bits per heavy atom. The lowest BCUT2D eigenvalue weighted by Crippen LogP contribution is -2.46. The molecule has 1 aromatic rings. The topological polar surface area (TPSA) is 34.0 Å². The Hall–Kier alpha value is -0.900. The Balaban J connectivity index is 1.93. The van der Waals surface area contributed by atoms with Crippen molar-refractivity contribution in [2.24, 2.45) is 0 Å². The molecule has 2 heterocycles. The molecule has 15 heavy (non-hydrogen) atoms. The fourth-order valence-electron chi connectivity index (χ4n) is 2.17. The molecular formula is C11H19N4. The van der Waals surface area contributed by atoms with E-state index in [1.165, 1.54) is 0 Å². The van der Waals surface area contributed by atoms with E-state index in [1.54, 1.807) is 0 Å². The van der Waals surface area contributed by atoms with Crippen LogP contribution in [0.3, 0.4) is 0 Å². The molecule has 1 aromatic heterocycles. The third kappa shape index (κ3) is 2.37. The Kier molecular flexibility index (Phi) is 2.78. The van der Waals surface area contributed by atoms with Crippen molar-refractivity contribution in [2.45, 2.75) is 45.2 Å². The van der Waals surface area contributed by atoms with Gasteiger partial charge < -0.3 is 0 Å². The molecule has 4 nitrogen and oxygen atoms in total. The average Bonchev–Trinajstić information content (AvgIpc) is 2.69. The quantitative estimate of drug-likeness (QED) is 0.700. The van der Waals surface area contributed by atoms with E-state index in [-0.39, 0.29) is 0 Å². The molecule has 2 rings (SSSR count). The van der Waals surface area contributed by atoms with Gasteiger partial charge in [-0.05, 0) is 33.6 Å². The first-order chi connectivity index (χ1) is 7.07. The highest BCUT2D eigenvalue weighted by Crippen LogP contribution is 2.25. The number of hydrogen-bond acceptors (Lipinski definition) is 3. The minimum absolute atomic E-state index is 0.291. The van der Waals surface area contributed by atoms with Crippen LogP contribution in [0.1, 0.15) is 39.7 Å². The lowest BCUT2D eigenvalue weighted by atomic mass is 9.98. The van der Waals surface area contributed by atoms with Crippen LogP contribution in [0.25, 0.3) is 0 Å². The number of nitrogens with zero attached hydrogens (tertiary/aromatic N) is 4. The summed E-state index contributed by atoms with van der Waals surface area (Å²) >= 11 is 0. The summed E-state index contributed by atoms with van der Waals surface area (Å²) in [5, 5.41) is 7.76. The largest absolute Gasteiger partial charge is 0.298 e. The first-order valence-corrected chi connectivity index (χ1v) is 5.60. The summed E-state index contributed by atoms with van der Waals surface area (Å²) in [4.78, 5) is 2.53. The van der Waals surface area contributed by atoms with Crippen LogP contribution in [0.2, 0.25) is 0 Å². The number of hydrogen-bond donors (Lipinski definition) is 0. The number of likely N-dealkylation sites (tertiary alicyclic amines) is 1. The van der Waals surface area contributed by atoms with Crippen LogP contribution in [0.5, 0.6) is 0 Å². The predicted molar refractivity (Wildman–Crippen MR) is 58.5 cm³/mol. The van der Waals surface area contributed by atoms with E-state index in [0.29, 0.717) is 11.6 Å². The second-order valence-electron chi connectivity index (χ2n) is 5.22. The SMILES string of the molecule is CC(C)(C)N1CCC(n2c[c]nn2)CC1. The summed E-state index contributed by atoms with van der Waals surface area (Å²) in [5.74, 6) is 0. The van der Waals surface area contributed by atoms with E-state index in [4.69, 9.17) is 0 Å². The van der Waals surface area contributed by atoms with Crippen molar-refractivity contribution < 1.29 is 0 Å². The molecule has 0 N–H and O–H groups in total. The highest BCUT2D eigenvalue weighted by atomic mass is 15.4. The molecule has 1 fully saturated rings. The van der Waals surface area contributed by atoms with E-state index >= 15 is 0 Å². The molecule has 0 saturated carbocycles. The highest BCUT2D eigenvalue weighted by Gasteiger charge is 2.27. The van der Waals surface area contributed by atoms with Gasteiger partial charge in [-0.1, -0.05) is 5.21 Å². The van der Waals surface area contributed by atoms with Crippen molar-refractivity contribution in [1.82, 2.24) is 19.9 Å². The van der Waals surface area contributed by atoms with Crippen molar-refractivity contribution in [2.75, 3.05) is 13.1 Å². The zero-order chi connectivity index (χ0) is 10.9. The molecule has 0 aromatic carbocycles.